The van der Waals surface area contributed by atoms with Crippen molar-refractivity contribution in [1.82, 2.24) is 0 Å². The topological polar surface area (TPSA) is 35.6 Å². The van der Waals surface area contributed by atoms with Crippen LogP contribution < -0.4 is 15.1 Å². The molecule has 1 saturated heterocycles. The molecule has 2 aromatic carbocycles. The molecule has 124 valence electrons. The highest BCUT2D eigenvalue weighted by molar-refractivity contribution is 9.10. The fraction of sp³-hybridized carbons (Fsp3) is 0.316. The average Bonchev–Trinajstić information content (AvgIpc) is 3.06. The predicted octanol–water partition coefficient (Wildman–Crippen LogP) is 4.78. The molecule has 0 saturated carbocycles. The lowest BCUT2D eigenvalue weighted by atomic mass is 10.1. The number of hydrogen-bond donors (Lipinski definition) is 1. The van der Waals surface area contributed by atoms with Crippen LogP contribution in [0.3, 0.4) is 0 Å². The van der Waals surface area contributed by atoms with Crippen LogP contribution >= 0.6 is 15.9 Å². The molecule has 5 heteroatoms. The lowest BCUT2D eigenvalue weighted by Crippen LogP contribution is -2.49. The Morgan fingerprint density at radius 3 is 2.79 bits per heavy atom. The monoisotopic (exact) mass is 385 g/mol. The first kappa shape index (κ1) is 15.5. The number of nitrogens with zero attached hydrogens (tertiary/aromatic N) is 2. The number of nitrogens with one attached hydrogen (secondary N) is 1. The number of fused-ring (bicyclic) bond motifs is 3. The zero-order valence-electron chi connectivity index (χ0n) is 13.6. The van der Waals surface area contributed by atoms with Crippen molar-refractivity contribution in [2.75, 3.05) is 28.2 Å². The van der Waals surface area contributed by atoms with Gasteiger partial charge in [-0.25, -0.2) is 4.79 Å². The Balaban J connectivity index is 1.62. The van der Waals surface area contributed by atoms with E-state index in [9.17, 15) is 4.79 Å². The van der Waals surface area contributed by atoms with Gasteiger partial charge in [0.1, 0.15) is 0 Å². The molecular formula is C19H20BrN3O. The van der Waals surface area contributed by atoms with Crippen LogP contribution in [-0.4, -0.2) is 25.2 Å². The second-order valence-corrected chi connectivity index (χ2v) is 7.34. The highest BCUT2D eigenvalue weighted by Gasteiger charge is 2.36. The molecule has 2 aliphatic heterocycles. The second kappa shape index (κ2) is 6.13. The molecule has 0 radical (unpaired) electrons. The van der Waals surface area contributed by atoms with Gasteiger partial charge in [0.25, 0.3) is 0 Å². The van der Waals surface area contributed by atoms with E-state index in [0.29, 0.717) is 6.04 Å². The van der Waals surface area contributed by atoms with Crippen LogP contribution in [0.2, 0.25) is 0 Å². The number of carbonyl (C=O) groups is 1. The van der Waals surface area contributed by atoms with E-state index in [2.05, 4.69) is 32.2 Å². The Morgan fingerprint density at radius 1 is 1.21 bits per heavy atom. The van der Waals surface area contributed by atoms with E-state index in [0.717, 1.165) is 40.9 Å². The van der Waals surface area contributed by atoms with E-state index < -0.39 is 0 Å². The smallest absolute Gasteiger partial charge is 0.326 e. The quantitative estimate of drug-likeness (QED) is 0.766. The lowest BCUT2D eigenvalue weighted by Gasteiger charge is -2.40. The SMILES string of the molecule is Cc1cc(NC(=O)N2C[C@H]3CCCN3c3ccccc32)ccc1Br. The van der Waals surface area contributed by atoms with Crippen LogP contribution in [0.5, 0.6) is 0 Å². The highest BCUT2D eigenvalue weighted by atomic mass is 79.9. The predicted molar refractivity (Wildman–Crippen MR) is 102 cm³/mol. The summed E-state index contributed by atoms with van der Waals surface area (Å²) >= 11 is 3.50. The summed E-state index contributed by atoms with van der Waals surface area (Å²) in [6.45, 7) is 3.85. The third kappa shape index (κ3) is 2.67. The Labute approximate surface area is 150 Å². The molecular weight excluding hydrogens is 366 g/mol. The summed E-state index contributed by atoms with van der Waals surface area (Å²) in [5.41, 5.74) is 4.11. The van der Waals surface area contributed by atoms with Crippen LogP contribution in [-0.2, 0) is 0 Å². The summed E-state index contributed by atoms with van der Waals surface area (Å²) in [7, 11) is 0. The molecule has 2 amide bonds. The minimum atomic E-state index is -0.0595. The molecule has 4 rings (SSSR count). The third-order valence-electron chi connectivity index (χ3n) is 4.91. The van der Waals surface area contributed by atoms with E-state index in [1.54, 1.807) is 0 Å². The number of para-hydroxylation sites is 2. The first-order chi connectivity index (χ1) is 11.6. The zero-order chi connectivity index (χ0) is 16.7. The summed E-state index contributed by atoms with van der Waals surface area (Å²) in [5.74, 6) is 0. The van der Waals surface area contributed by atoms with Gasteiger partial charge in [0.15, 0.2) is 0 Å². The molecule has 2 heterocycles. The number of halogens is 1. The Kier molecular flexibility index (Phi) is 3.96. The van der Waals surface area contributed by atoms with Crippen molar-refractivity contribution in [2.45, 2.75) is 25.8 Å². The van der Waals surface area contributed by atoms with Crippen LogP contribution in [0.4, 0.5) is 21.9 Å². The molecule has 2 aliphatic rings. The Hall–Kier alpha value is -2.01. The van der Waals surface area contributed by atoms with Crippen LogP contribution in [0.25, 0.3) is 0 Å². The normalized spacial score (nSPS) is 19.0. The van der Waals surface area contributed by atoms with E-state index >= 15 is 0 Å². The van der Waals surface area contributed by atoms with Crippen LogP contribution in [0.15, 0.2) is 46.9 Å². The summed E-state index contributed by atoms with van der Waals surface area (Å²) in [5, 5.41) is 3.05. The third-order valence-corrected chi connectivity index (χ3v) is 5.80. The van der Waals surface area contributed by atoms with Crippen molar-refractivity contribution in [3.05, 3.63) is 52.5 Å². The molecule has 0 aliphatic carbocycles. The van der Waals surface area contributed by atoms with E-state index in [4.69, 9.17) is 0 Å². The standard InChI is InChI=1S/C19H20BrN3O/c1-13-11-14(8-9-16(13)20)21-19(24)23-12-15-5-4-10-22(15)17-6-2-3-7-18(17)23/h2-3,6-9,11,15H,4-5,10,12H2,1H3,(H,21,24)/t15-/m1/s1. The zero-order valence-corrected chi connectivity index (χ0v) is 15.2. The van der Waals surface area contributed by atoms with Gasteiger partial charge in [0.05, 0.1) is 11.4 Å². The van der Waals surface area contributed by atoms with Gasteiger partial charge in [0.2, 0.25) is 0 Å². The average molecular weight is 386 g/mol. The van der Waals surface area contributed by atoms with Gasteiger partial charge < -0.3 is 10.2 Å². The number of carbonyl (C=O) groups excluding carboxylic acids is 1. The minimum absolute atomic E-state index is 0.0595. The lowest BCUT2D eigenvalue weighted by molar-refractivity contribution is 0.256. The molecule has 0 spiro atoms. The largest absolute Gasteiger partial charge is 0.365 e. The second-order valence-electron chi connectivity index (χ2n) is 6.48. The van der Waals surface area contributed by atoms with Gasteiger partial charge in [0, 0.05) is 29.3 Å². The van der Waals surface area contributed by atoms with Crippen molar-refractivity contribution in [2.24, 2.45) is 0 Å². The molecule has 4 nitrogen and oxygen atoms in total. The maximum absolute atomic E-state index is 12.9. The number of hydrogen-bond acceptors (Lipinski definition) is 2. The first-order valence-corrected chi connectivity index (χ1v) is 9.13. The summed E-state index contributed by atoms with van der Waals surface area (Å²) < 4.78 is 1.05. The molecule has 0 bridgehead atoms. The molecule has 0 unspecified atom stereocenters. The van der Waals surface area contributed by atoms with Gasteiger partial charge in [-0.3, -0.25) is 4.90 Å². The molecule has 2 aromatic rings. The maximum atomic E-state index is 12.9. The molecule has 24 heavy (non-hydrogen) atoms. The summed E-state index contributed by atoms with van der Waals surface area (Å²) in [6, 6.07) is 14.5. The number of anilines is 3. The summed E-state index contributed by atoms with van der Waals surface area (Å²) in [4.78, 5) is 17.2. The molecule has 0 aromatic heterocycles. The Bertz CT molecular complexity index is 792. The van der Waals surface area contributed by atoms with Gasteiger partial charge >= 0.3 is 6.03 Å². The maximum Gasteiger partial charge on any atom is 0.326 e. The van der Waals surface area contributed by atoms with Gasteiger partial charge in [-0.05, 0) is 55.7 Å². The van der Waals surface area contributed by atoms with E-state index in [-0.39, 0.29) is 6.03 Å². The van der Waals surface area contributed by atoms with Crippen molar-refractivity contribution in [3.8, 4) is 0 Å². The number of urea groups is 1. The van der Waals surface area contributed by atoms with Gasteiger partial charge in [-0.2, -0.15) is 0 Å². The van der Waals surface area contributed by atoms with Crippen molar-refractivity contribution in [3.63, 3.8) is 0 Å². The van der Waals surface area contributed by atoms with Crippen LogP contribution in [0.1, 0.15) is 18.4 Å². The minimum Gasteiger partial charge on any atom is -0.365 e. The van der Waals surface area contributed by atoms with Crippen molar-refractivity contribution < 1.29 is 4.79 Å². The Morgan fingerprint density at radius 2 is 2.00 bits per heavy atom. The number of amides is 2. The van der Waals surface area contributed by atoms with Gasteiger partial charge in [-0.15, -0.1) is 0 Å². The first-order valence-electron chi connectivity index (χ1n) is 8.34. The fourth-order valence-corrected chi connectivity index (χ4v) is 3.94. The number of benzene rings is 2. The number of rotatable bonds is 1. The summed E-state index contributed by atoms with van der Waals surface area (Å²) in [6.07, 6.45) is 2.34. The van der Waals surface area contributed by atoms with Crippen molar-refractivity contribution >= 4 is 39.0 Å². The van der Waals surface area contributed by atoms with Crippen molar-refractivity contribution in [1.29, 1.82) is 0 Å². The molecule has 1 fully saturated rings. The number of aryl methyl sites for hydroxylation is 1. The van der Waals surface area contributed by atoms with E-state index in [1.807, 2.05) is 48.2 Å². The molecule has 1 atom stereocenters. The van der Waals surface area contributed by atoms with Crippen LogP contribution in [0, 0.1) is 6.92 Å². The fourth-order valence-electron chi connectivity index (χ4n) is 3.69. The highest BCUT2D eigenvalue weighted by Crippen LogP contribution is 2.39. The molecule has 1 N–H and O–H groups in total. The van der Waals surface area contributed by atoms with Gasteiger partial charge in [-0.1, -0.05) is 28.1 Å². The van der Waals surface area contributed by atoms with E-state index in [1.165, 1.54) is 12.1 Å².